The zero-order chi connectivity index (χ0) is 23.0. The number of hydrogen-bond acceptors (Lipinski definition) is 5. The minimum absolute atomic E-state index is 0.0678. The Hall–Kier alpha value is -3.94. The van der Waals surface area contributed by atoms with E-state index in [1.54, 1.807) is 11.0 Å². The Balaban J connectivity index is 1.45. The van der Waals surface area contributed by atoms with E-state index in [-0.39, 0.29) is 51.0 Å². The lowest BCUT2D eigenvalue weighted by Crippen LogP contribution is -2.48. The number of imide groups is 2. The number of rotatable bonds is 5. The standard InChI is InChI=1S/C25H23N3O5/c29-21(26-13-14-33-24(26)32)20-11-12-25(15-20)22(30)27(16-18-7-3-1-4-8-18)23(31)28(25)17-19-9-5-2-6-10-19/h1-11H,12-17H2. The van der Waals surface area contributed by atoms with Gasteiger partial charge in [0.25, 0.3) is 11.8 Å². The highest BCUT2D eigenvalue weighted by atomic mass is 16.6. The summed E-state index contributed by atoms with van der Waals surface area (Å²) in [5, 5.41) is 0. The lowest BCUT2D eigenvalue weighted by molar-refractivity contribution is -0.133. The highest BCUT2D eigenvalue weighted by molar-refractivity contribution is 6.10. The maximum Gasteiger partial charge on any atom is 0.416 e. The van der Waals surface area contributed by atoms with Gasteiger partial charge in [0, 0.05) is 18.5 Å². The van der Waals surface area contributed by atoms with Crippen LogP contribution in [0.25, 0.3) is 0 Å². The highest BCUT2D eigenvalue weighted by Gasteiger charge is 2.59. The molecule has 2 aromatic rings. The van der Waals surface area contributed by atoms with Gasteiger partial charge in [-0.1, -0.05) is 66.7 Å². The summed E-state index contributed by atoms with van der Waals surface area (Å²) >= 11 is 0. The number of benzene rings is 2. The van der Waals surface area contributed by atoms with Crippen molar-refractivity contribution in [2.45, 2.75) is 31.5 Å². The van der Waals surface area contributed by atoms with E-state index in [1.165, 1.54) is 4.90 Å². The first-order chi connectivity index (χ1) is 16.0. The third kappa shape index (κ3) is 3.57. The molecular weight excluding hydrogens is 422 g/mol. The predicted octanol–water partition coefficient (Wildman–Crippen LogP) is 3.09. The van der Waals surface area contributed by atoms with Crippen molar-refractivity contribution in [1.82, 2.24) is 14.7 Å². The Morgan fingerprint density at radius 3 is 2.15 bits per heavy atom. The van der Waals surface area contributed by atoms with Crippen LogP contribution >= 0.6 is 0 Å². The topological polar surface area (TPSA) is 87.2 Å². The molecule has 0 bridgehead atoms. The van der Waals surface area contributed by atoms with Crippen LogP contribution in [0.2, 0.25) is 0 Å². The Bertz CT molecular complexity index is 1150. The fraction of sp³-hybridized carbons (Fsp3) is 0.280. The van der Waals surface area contributed by atoms with E-state index in [2.05, 4.69) is 0 Å². The van der Waals surface area contributed by atoms with E-state index >= 15 is 0 Å². The van der Waals surface area contributed by atoms with Crippen molar-refractivity contribution < 1.29 is 23.9 Å². The molecule has 1 atom stereocenters. The average Bonchev–Trinajstić information content (AvgIpc) is 3.52. The molecule has 33 heavy (non-hydrogen) atoms. The second-order valence-electron chi connectivity index (χ2n) is 8.44. The summed E-state index contributed by atoms with van der Waals surface area (Å²) in [6, 6.07) is 18.4. The molecule has 0 aromatic heterocycles. The first-order valence-electron chi connectivity index (χ1n) is 10.9. The molecule has 5 rings (SSSR count). The molecule has 0 N–H and O–H groups in total. The summed E-state index contributed by atoms with van der Waals surface area (Å²) in [5.41, 5.74) is 0.908. The van der Waals surface area contributed by atoms with E-state index in [0.717, 1.165) is 16.0 Å². The molecule has 8 nitrogen and oxygen atoms in total. The SMILES string of the molecule is O=C1OCCN1C(=O)C1=CCC2(C1)C(=O)N(Cc1ccccc1)C(=O)N2Cc1ccccc1. The summed E-state index contributed by atoms with van der Waals surface area (Å²) in [6.45, 7) is 0.749. The second-order valence-corrected chi connectivity index (χ2v) is 8.44. The van der Waals surface area contributed by atoms with Gasteiger partial charge in [-0.05, 0) is 17.5 Å². The lowest BCUT2D eigenvalue weighted by Gasteiger charge is -2.32. The molecule has 3 aliphatic rings. The van der Waals surface area contributed by atoms with Gasteiger partial charge in [0.2, 0.25) is 0 Å². The molecule has 1 unspecified atom stereocenters. The van der Waals surface area contributed by atoms with Crippen molar-refractivity contribution in [2.24, 2.45) is 0 Å². The first-order valence-corrected chi connectivity index (χ1v) is 10.9. The van der Waals surface area contributed by atoms with Crippen LogP contribution in [0.5, 0.6) is 0 Å². The number of carbonyl (C=O) groups is 4. The van der Waals surface area contributed by atoms with Gasteiger partial charge in [-0.3, -0.25) is 14.5 Å². The van der Waals surface area contributed by atoms with Gasteiger partial charge in [0.05, 0.1) is 13.1 Å². The summed E-state index contributed by atoms with van der Waals surface area (Å²) in [7, 11) is 0. The van der Waals surface area contributed by atoms with Crippen molar-refractivity contribution in [1.29, 1.82) is 0 Å². The van der Waals surface area contributed by atoms with E-state index in [9.17, 15) is 19.2 Å². The highest BCUT2D eigenvalue weighted by Crippen LogP contribution is 2.43. The molecule has 2 aliphatic heterocycles. The van der Waals surface area contributed by atoms with Gasteiger partial charge in [0.1, 0.15) is 12.1 Å². The summed E-state index contributed by atoms with van der Waals surface area (Å²) in [6.07, 6.45) is 1.30. The molecule has 2 aromatic carbocycles. The number of cyclic esters (lactones) is 1. The maximum atomic E-state index is 13.7. The van der Waals surface area contributed by atoms with Crippen LogP contribution in [0.15, 0.2) is 72.3 Å². The molecule has 0 radical (unpaired) electrons. The molecule has 5 amide bonds. The van der Waals surface area contributed by atoms with Crippen molar-refractivity contribution in [3.8, 4) is 0 Å². The Morgan fingerprint density at radius 2 is 1.55 bits per heavy atom. The minimum atomic E-state index is -1.18. The Labute approximate surface area is 191 Å². The fourth-order valence-corrected chi connectivity index (χ4v) is 4.71. The zero-order valence-electron chi connectivity index (χ0n) is 18.0. The van der Waals surface area contributed by atoms with Gasteiger partial charge in [-0.15, -0.1) is 0 Å². The molecule has 2 heterocycles. The van der Waals surface area contributed by atoms with Gasteiger partial charge < -0.3 is 9.64 Å². The fourth-order valence-electron chi connectivity index (χ4n) is 4.71. The zero-order valence-corrected chi connectivity index (χ0v) is 18.0. The molecule has 1 spiro atoms. The number of amides is 5. The van der Waals surface area contributed by atoms with E-state index in [4.69, 9.17) is 4.74 Å². The van der Waals surface area contributed by atoms with Crippen LogP contribution in [0.1, 0.15) is 24.0 Å². The molecule has 168 valence electrons. The molecule has 1 aliphatic carbocycles. The number of hydrogen-bond donors (Lipinski definition) is 0. The maximum absolute atomic E-state index is 13.7. The molecular formula is C25H23N3O5. The van der Waals surface area contributed by atoms with Gasteiger partial charge in [-0.25, -0.2) is 14.5 Å². The van der Waals surface area contributed by atoms with Crippen LogP contribution in [-0.4, -0.2) is 57.3 Å². The van der Waals surface area contributed by atoms with E-state index in [0.29, 0.717) is 5.57 Å². The third-order valence-electron chi connectivity index (χ3n) is 6.44. The molecule has 2 saturated heterocycles. The van der Waals surface area contributed by atoms with Crippen LogP contribution in [0.4, 0.5) is 9.59 Å². The van der Waals surface area contributed by atoms with Gasteiger partial charge in [0.15, 0.2) is 0 Å². The van der Waals surface area contributed by atoms with Crippen LogP contribution in [0.3, 0.4) is 0 Å². The van der Waals surface area contributed by atoms with Crippen molar-refractivity contribution in [3.63, 3.8) is 0 Å². The average molecular weight is 445 g/mol. The summed E-state index contributed by atoms with van der Waals surface area (Å²) in [5.74, 6) is -0.786. The summed E-state index contributed by atoms with van der Waals surface area (Å²) < 4.78 is 4.88. The van der Waals surface area contributed by atoms with Gasteiger partial charge >= 0.3 is 12.1 Å². The van der Waals surface area contributed by atoms with E-state index < -0.39 is 17.5 Å². The van der Waals surface area contributed by atoms with Crippen molar-refractivity contribution >= 4 is 23.9 Å². The molecule has 0 saturated carbocycles. The summed E-state index contributed by atoms with van der Waals surface area (Å²) in [4.78, 5) is 55.9. The smallest absolute Gasteiger partial charge is 0.416 e. The number of nitrogens with zero attached hydrogens (tertiary/aromatic N) is 3. The number of ether oxygens (including phenoxy) is 1. The van der Waals surface area contributed by atoms with Crippen LogP contribution in [0, 0.1) is 0 Å². The Kier molecular flexibility index (Phi) is 5.20. The normalized spacial score (nSPS) is 22.4. The van der Waals surface area contributed by atoms with Crippen molar-refractivity contribution in [2.75, 3.05) is 13.2 Å². The monoisotopic (exact) mass is 445 g/mol. The minimum Gasteiger partial charge on any atom is -0.447 e. The predicted molar refractivity (Wildman–Crippen MR) is 117 cm³/mol. The van der Waals surface area contributed by atoms with Crippen LogP contribution < -0.4 is 0 Å². The van der Waals surface area contributed by atoms with Crippen LogP contribution in [-0.2, 0) is 27.4 Å². The van der Waals surface area contributed by atoms with Gasteiger partial charge in [-0.2, -0.15) is 0 Å². The van der Waals surface area contributed by atoms with E-state index in [1.807, 2.05) is 60.7 Å². The largest absolute Gasteiger partial charge is 0.447 e. The number of urea groups is 1. The molecule has 8 heteroatoms. The molecule has 2 fully saturated rings. The first kappa shape index (κ1) is 20.9. The quantitative estimate of drug-likeness (QED) is 0.660. The second kappa shape index (κ2) is 8.20. The van der Waals surface area contributed by atoms with Crippen molar-refractivity contribution in [3.05, 3.63) is 83.4 Å². The Morgan fingerprint density at radius 1 is 0.909 bits per heavy atom. The third-order valence-corrected chi connectivity index (χ3v) is 6.44. The number of carbonyl (C=O) groups excluding carboxylic acids is 4. The lowest BCUT2D eigenvalue weighted by atomic mass is 9.92.